The van der Waals surface area contributed by atoms with Gasteiger partial charge >= 0.3 is 0 Å². The van der Waals surface area contributed by atoms with E-state index in [1.807, 2.05) is 38.2 Å². The van der Waals surface area contributed by atoms with Crippen LogP contribution in [0.3, 0.4) is 0 Å². The maximum absolute atomic E-state index is 8.24. The summed E-state index contributed by atoms with van der Waals surface area (Å²) in [4.78, 5) is 0. The topological polar surface area (TPSA) is 32.6 Å². The molecule has 0 aromatic carbocycles. The SMILES string of the molecule is CC(C)=C/C=C/C(C)=C/C=C/C(C)=C/C=N/O. The maximum atomic E-state index is 8.24. The lowest BCUT2D eigenvalue weighted by Crippen LogP contribution is -1.71. The Morgan fingerprint density at radius 2 is 1.35 bits per heavy atom. The first kappa shape index (κ1) is 15.2. The number of allylic oxidation sites excluding steroid dienone is 10. The lowest BCUT2D eigenvalue weighted by molar-refractivity contribution is 0.322. The van der Waals surface area contributed by atoms with Crippen LogP contribution in [0.25, 0.3) is 0 Å². The van der Waals surface area contributed by atoms with Crippen molar-refractivity contribution in [2.45, 2.75) is 27.7 Å². The van der Waals surface area contributed by atoms with E-state index >= 15 is 0 Å². The molecule has 0 fully saturated rings. The van der Waals surface area contributed by atoms with Gasteiger partial charge in [-0.25, -0.2) is 0 Å². The molecule has 17 heavy (non-hydrogen) atoms. The summed E-state index contributed by atoms with van der Waals surface area (Å²) in [5.41, 5.74) is 3.49. The molecule has 0 aliphatic heterocycles. The van der Waals surface area contributed by atoms with Crippen LogP contribution in [-0.2, 0) is 0 Å². The summed E-state index contributed by atoms with van der Waals surface area (Å²) in [6.45, 7) is 8.13. The molecule has 0 aliphatic carbocycles. The molecule has 0 saturated heterocycles. The number of oxime groups is 1. The molecule has 0 aromatic heterocycles. The lowest BCUT2D eigenvalue weighted by Gasteiger charge is -1.89. The largest absolute Gasteiger partial charge is 0.411 e. The Balaban J connectivity index is 4.37. The minimum absolute atomic E-state index is 1.03. The van der Waals surface area contributed by atoms with Crippen molar-refractivity contribution < 1.29 is 5.21 Å². The first-order chi connectivity index (χ1) is 8.06. The molecule has 0 aliphatic rings. The van der Waals surface area contributed by atoms with E-state index in [9.17, 15) is 0 Å². The molecule has 0 spiro atoms. The summed E-state index contributed by atoms with van der Waals surface area (Å²) in [7, 11) is 0. The highest BCUT2D eigenvalue weighted by atomic mass is 16.4. The van der Waals surface area contributed by atoms with Crippen LogP contribution in [0.1, 0.15) is 27.7 Å². The van der Waals surface area contributed by atoms with Gasteiger partial charge in [0.1, 0.15) is 0 Å². The Morgan fingerprint density at radius 1 is 0.824 bits per heavy atom. The predicted octanol–water partition coefficient (Wildman–Crippen LogP) is 4.42. The Labute approximate surface area is 104 Å². The molecular formula is C15H21NO. The standard InChI is InChI=1S/C15H21NO/c1-13(2)7-5-8-14(3)9-6-10-15(4)11-12-16-17/h5-12,17H,1-4H3/b8-5+,10-6+,14-9+,15-11+,16-12+. The van der Waals surface area contributed by atoms with Gasteiger partial charge in [-0.05, 0) is 39.3 Å². The summed E-state index contributed by atoms with van der Waals surface area (Å²) in [5.74, 6) is 0. The first-order valence-electron chi connectivity index (χ1n) is 5.57. The maximum Gasteiger partial charge on any atom is 0.0664 e. The van der Waals surface area contributed by atoms with Gasteiger partial charge in [0.15, 0.2) is 0 Å². The third kappa shape index (κ3) is 10.5. The van der Waals surface area contributed by atoms with Crippen molar-refractivity contribution in [2.24, 2.45) is 5.16 Å². The van der Waals surface area contributed by atoms with Gasteiger partial charge in [0, 0.05) is 0 Å². The van der Waals surface area contributed by atoms with Crippen molar-refractivity contribution in [1.82, 2.24) is 0 Å². The second-order valence-corrected chi connectivity index (χ2v) is 4.05. The Bertz CT molecular complexity index is 389. The van der Waals surface area contributed by atoms with Crippen LogP contribution in [0, 0.1) is 0 Å². The molecule has 0 saturated carbocycles. The fraction of sp³-hybridized carbons (Fsp3) is 0.267. The van der Waals surface area contributed by atoms with Crippen molar-refractivity contribution in [2.75, 3.05) is 0 Å². The Hall–Kier alpha value is -1.83. The molecule has 0 radical (unpaired) electrons. The van der Waals surface area contributed by atoms with Gasteiger partial charge in [-0.15, -0.1) is 0 Å². The molecule has 2 nitrogen and oxygen atoms in total. The number of hydrogen-bond donors (Lipinski definition) is 1. The van der Waals surface area contributed by atoms with Gasteiger partial charge in [0.2, 0.25) is 0 Å². The first-order valence-corrected chi connectivity index (χ1v) is 5.57. The third-order valence-electron chi connectivity index (χ3n) is 1.91. The van der Waals surface area contributed by atoms with E-state index in [1.54, 1.807) is 6.08 Å². The highest BCUT2D eigenvalue weighted by Gasteiger charge is 1.80. The second-order valence-electron chi connectivity index (χ2n) is 4.05. The van der Waals surface area contributed by atoms with Crippen LogP contribution >= 0.6 is 0 Å². The quantitative estimate of drug-likeness (QED) is 0.323. The monoisotopic (exact) mass is 231 g/mol. The molecule has 0 heterocycles. The zero-order valence-corrected chi connectivity index (χ0v) is 11.0. The molecule has 92 valence electrons. The van der Waals surface area contributed by atoms with E-state index < -0.39 is 0 Å². The second kappa shape index (κ2) is 9.40. The minimum atomic E-state index is 1.03. The van der Waals surface area contributed by atoms with Crippen LogP contribution in [0.2, 0.25) is 0 Å². The molecule has 0 amide bonds. The highest BCUT2D eigenvalue weighted by molar-refractivity contribution is 5.72. The van der Waals surface area contributed by atoms with E-state index in [-0.39, 0.29) is 0 Å². The summed E-state index contributed by atoms with van der Waals surface area (Å²) >= 11 is 0. The summed E-state index contributed by atoms with van der Waals surface area (Å²) in [6.07, 6.45) is 15.2. The average molecular weight is 231 g/mol. The van der Waals surface area contributed by atoms with E-state index in [0.717, 1.165) is 5.57 Å². The number of hydrogen-bond acceptors (Lipinski definition) is 2. The Kier molecular flexibility index (Phi) is 8.39. The molecular weight excluding hydrogens is 210 g/mol. The molecule has 0 aromatic rings. The fourth-order valence-corrected chi connectivity index (χ4v) is 1.01. The summed E-state index contributed by atoms with van der Waals surface area (Å²) < 4.78 is 0. The molecule has 0 rings (SSSR count). The minimum Gasteiger partial charge on any atom is -0.411 e. The van der Waals surface area contributed by atoms with Crippen molar-refractivity contribution in [1.29, 1.82) is 0 Å². The van der Waals surface area contributed by atoms with Crippen LogP contribution in [0.5, 0.6) is 0 Å². The van der Waals surface area contributed by atoms with Gasteiger partial charge in [-0.1, -0.05) is 52.8 Å². The van der Waals surface area contributed by atoms with Gasteiger partial charge in [-0.3, -0.25) is 0 Å². The van der Waals surface area contributed by atoms with E-state index in [1.165, 1.54) is 17.4 Å². The van der Waals surface area contributed by atoms with Crippen molar-refractivity contribution in [3.8, 4) is 0 Å². The number of nitrogens with zero attached hydrogens (tertiary/aromatic N) is 1. The molecule has 0 bridgehead atoms. The molecule has 0 atom stereocenters. The van der Waals surface area contributed by atoms with Crippen LogP contribution in [-0.4, -0.2) is 11.4 Å². The molecule has 2 heteroatoms. The van der Waals surface area contributed by atoms with Crippen molar-refractivity contribution >= 4 is 6.21 Å². The van der Waals surface area contributed by atoms with Crippen LogP contribution in [0.4, 0.5) is 0 Å². The van der Waals surface area contributed by atoms with Crippen LogP contribution in [0.15, 0.2) is 64.4 Å². The zero-order chi connectivity index (χ0) is 13.1. The van der Waals surface area contributed by atoms with Crippen molar-refractivity contribution in [3.63, 3.8) is 0 Å². The highest BCUT2D eigenvalue weighted by Crippen LogP contribution is 2.00. The predicted molar refractivity (Wildman–Crippen MR) is 75.5 cm³/mol. The molecule has 0 unspecified atom stereocenters. The fourth-order valence-electron chi connectivity index (χ4n) is 1.01. The number of rotatable bonds is 5. The van der Waals surface area contributed by atoms with Gasteiger partial charge in [0.05, 0.1) is 6.21 Å². The van der Waals surface area contributed by atoms with Crippen LogP contribution < -0.4 is 0 Å². The summed E-state index contributed by atoms with van der Waals surface area (Å²) in [5, 5.41) is 11.2. The third-order valence-corrected chi connectivity index (χ3v) is 1.91. The van der Waals surface area contributed by atoms with Gasteiger partial charge in [0.25, 0.3) is 0 Å². The van der Waals surface area contributed by atoms with Gasteiger partial charge in [-0.2, -0.15) is 0 Å². The Morgan fingerprint density at radius 3 is 1.88 bits per heavy atom. The van der Waals surface area contributed by atoms with E-state index in [2.05, 4.69) is 31.2 Å². The summed E-state index contributed by atoms with van der Waals surface area (Å²) in [6, 6.07) is 0. The molecule has 1 N–H and O–H groups in total. The zero-order valence-electron chi connectivity index (χ0n) is 11.0. The average Bonchev–Trinajstić information content (AvgIpc) is 2.25. The normalized spacial score (nSPS) is 14.1. The lowest BCUT2D eigenvalue weighted by atomic mass is 10.2. The van der Waals surface area contributed by atoms with E-state index in [4.69, 9.17) is 5.21 Å². The van der Waals surface area contributed by atoms with E-state index in [0.29, 0.717) is 0 Å². The van der Waals surface area contributed by atoms with Gasteiger partial charge < -0.3 is 5.21 Å². The smallest absolute Gasteiger partial charge is 0.0664 e. The van der Waals surface area contributed by atoms with Crippen molar-refractivity contribution in [3.05, 3.63) is 59.3 Å².